The first-order valence-electron chi connectivity index (χ1n) is 9.39. The van der Waals surface area contributed by atoms with Gasteiger partial charge in [-0.3, -0.25) is 0 Å². The molecule has 0 aliphatic rings. The van der Waals surface area contributed by atoms with Crippen molar-refractivity contribution in [3.8, 4) is 21.8 Å². The zero-order valence-electron chi connectivity index (χ0n) is 15.5. The fourth-order valence-corrected chi connectivity index (χ4v) is 4.68. The van der Waals surface area contributed by atoms with E-state index in [0.717, 1.165) is 28.4 Å². The summed E-state index contributed by atoms with van der Waals surface area (Å²) in [6.45, 7) is 3.09. The lowest BCUT2D eigenvalue weighted by Crippen LogP contribution is -1.95. The molecule has 0 fully saturated rings. The summed E-state index contributed by atoms with van der Waals surface area (Å²) in [6, 6.07) is 19.0. The predicted octanol–water partition coefficient (Wildman–Crippen LogP) is 5.54. The van der Waals surface area contributed by atoms with Gasteiger partial charge in [-0.25, -0.2) is 14.6 Å². The number of aromatic nitrogens is 5. The van der Waals surface area contributed by atoms with E-state index in [1.165, 1.54) is 21.8 Å². The van der Waals surface area contributed by atoms with Gasteiger partial charge in [0, 0.05) is 33.9 Å². The predicted molar refractivity (Wildman–Crippen MR) is 115 cm³/mol. The van der Waals surface area contributed by atoms with Gasteiger partial charge in [0.1, 0.15) is 11.4 Å². The van der Waals surface area contributed by atoms with E-state index in [0.29, 0.717) is 11.3 Å². The van der Waals surface area contributed by atoms with Gasteiger partial charge < -0.3 is 4.57 Å². The Morgan fingerprint density at radius 2 is 1.66 bits per heavy atom. The molecule has 0 radical (unpaired) electrons. The highest BCUT2D eigenvalue weighted by molar-refractivity contribution is 7.13. The second-order valence-corrected chi connectivity index (χ2v) is 7.75. The lowest BCUT2D eigenvalue weighted by Gasteiger charge is -2.07. The van der Waals surface area contributed by atoms with Crippen LogP contribution in [-0.4, -0.2) is 24.8 Å². The lowest BCUT2D eigenvalue weighted by atomic mass is 10.0. The van der Waals surface area contributed by atoms with Crippen LogP contribution in [0.3, 0.4) is 0 Å². The summed E-state index contributed by atoms with van der Waals surface area (Å²) in [7, 11) is 0. The molecular formula is C22H15N5OS. The number of thiophene rings is 1. The van der Waals surface area contributed by atoms with Gasteiger partial charge in [-0.2, -0.15) is 0 Å². The summed E-state index contributed by atoms with van der Waals surface area (Å²) >= 11 is 1.62. The Balaban J connectivity index is 1.67. The van der Waals surface area contributed by atoms with Crippen LogP contribution in [-0.2, 0) is 6.54 Å². The molecule has 6 rings (SSSR count). The maximum absolute atomic E-state index is 4.85. The number of nitrogens with zero attached hydrogens (tertiary/aromatic N) is 5. The van der Waals surface area contributed by atoms with Crippen LogP contribution in [0.25, 0.3) is 54.9 Å². The van der Waals surface area contributed by atoms with Crippen LogP contribution in [0.5, 0.6) is 0 Å². The molecule has 0 saturated heterocycles. The van der Waals surface area contributed by atoms with E-state index in [1.807, 2.05) is 17.5 Å². The number of aryl methyl sites for hydroxylation is 1. The highest BCUT2D eigenvalue weighted by Gasteiger charge is 2.18. The molecule has 7 heteroatoms. The normalized spacial score (nSPS) is 11.8. The molecule has 0 atom stereocenters. The third-order valence-corrected chi connectivity index (χ3v) is 6.11. The second-order valence-electron chi connectivity index (χ2n) is 6.80. The van der Waals surface area contributed by atoms with Crippen LogP contribution < -0.4 is 0 Å². The fourth-order valence-electron chi connectivity index (χ4n) is 3.97. The number of para-hydroxylation sites is 1. The van der Waals surface area contributed by atoms with Crippen LogP contribution >= 0.6 is 11.3 Å². The average molecular weight is 397 g/mol. The quantitative estimate of drug-likeness (QED) is 0.392. The first-order chi connectivity index (χ1) is 14.3. The third-order valence-electron chi connectivity index (χ3n) is 5.23. The van der Waals surface area contributed by atoms with Gasteiger partial charge >= 0.3 is 0 Å². The molecule has 0 unspecified atom stereocenters. The maximum atomic E-state index is 4.85. The Bertz CT molecular complexity index is 1500. The summed E-state index contributed by atoms with van der Waals surface area (Å²) in [5.41, 5.74) is 5.86. The molecule has 0 bridgehead atoms. The van der Waals surface area contributed by atoms with E-state index in [1.54, 1.807) is 11.3 Å². The number of fused-ring (bicyclic) bond motifs is 4. The van der Waals surface area contributed by atoms with Crippen molar-refractivity contribution >= 4 is 44.4 Å². The van der Waals surface area contributed by atoms with Gasteiger partial charge in [0.05, 0.1) is 4.88 Å². The number of hydrogen-bond donors (Lipinski definition) is 0. The average Bonchev–Trinajstić information content (AvgIpc) is 3.50. The Kier molecular flexibility index (Phi) is 3.51. The van der Waals surface area contributed by atoms with Crippen LogP contribution in [0.2, 0.25) is 0 Å². The minimum atomic E-state index is 0.413. The first-order valence-corrected chi connectivity index (χ1v) is 10.3. The Morgan fingerprint density at radius 3 is 2.45 bits per heavy atom. The van der Waals surface area contributed by atoms with Gasteiger partial charge in [-0.1, -0.05) is 30.3 Å². The molecule has 6 aromatic rings. The molecule has 4 aromatic heterocycles. The molecule has 0 aliphatic carbocycles. The molecule has 0 saturated carbocycles. The largest absolute Gasteiger partial charge is 0.341 e. The minimum Gasteiger partial charge on any atom is -0.341 e. The summed E-state index contributed by atoms with van der Waals surface area (Å²) in [5, 5.41) is 12.2. The van der Waals surface area contributed by atoms with Crippen molar-refractivity contribution in [2.24, 2.45) is 0 Å². The minimum absolute atomic E-state index is 0.413. The zero-order chi connectivity index (χ0) is 19.4. The van der Waals surface area contributed by atoms with E-state index in [2.05, 4.69) is 64.3 Å². The van der Waals surface area contributed by atoms with Crippen LogP contribution in [0, 0.1) is 0 Å². The van der Waals surface area contributed by atoms with Crippen molar-refractivity contribution in [2.45, 2.75) is 13.5 Å². The molecule has 140 valence electrons. The molecule has 0 N–H and O–H groups in total. The fraction of sp³-hybridized carbons (Fsp3) is 0.0909. The van der Waals surface area contributed by atoms with Crippen molar-refractivity contribution in [1.29, 1.82) is 0 Å². The van der Waals surface area contributed by atoms with Gasteiger partial charge in [0.2, 0.25) is 11.3 Å². The number of rotatable bonds is 3. The summed E-state index contributed by atoms with van der Waals surface area (Å²) < 4.78 is 7.19. The van der Waals surface area contributed by atoms with E-state index in [4.69, 9.17) is 14.6 Å². The number of hydrogen-bond acceptors (Lipinski definition) is 6. The van der Waals surface area contributed by atoms with Gasteiger partial charge in [-0.05, 0) is 46.9 Å². The van der Waals surface area contributed by atoms with Crippen molar-refractivity contribution in [1.82, 2.24) is 24.8 Å². The Labute approximate surface area is 169 Å². The standard InChI is InChI=1S/C22H15N5OS/c1-2-27-16-7-4-3-6-14(16)15-12-13(9-10-17(15)27)19-20(18-8-5-11-29-18)24-22-21(23-19)25-28-26-22/h3-12H,2H2,1H3. The molecular weight excluding hydrogens is 382 g/mol. The van der Waals surface area contributed by atoms with E-state index in [9.17, 15) is 0 Å². The van der Waals surface area contributed by atoms with Crippen molar-refractivity contribution in [3.05, 3.63) is 60.0 Å². The van der Waals surface area contributed by atoms with Crippen molar-refractivity contribution in [2.75, 3.05) is 0 Å². The highest BCUT2D eigenvalue weighted by Crippen LogP contribution is 2.36. The lowest BCUT2D eigenvalue weighted by molar-refractivity contribution is 0.314. The Morgan fingerprint density at radius 1 is 0.862 bits per heavy atom. The van der Waals surface area contributed by atoms with Crippen LogP contribution in [0.1, 0.15) is 6.92 Å². The summed E-state index contributed by atoms with van der Waals surface area (Å²) in [6.07, 6.45) is 0. The molecule has 0 amide bonds. The summed E-state index contributed by atoms with van der Waals surface area (Å²) in [4.78, 5) is 10.5. The van der Waals surface area contributed by atoms with Crippen molar-refractivity contribution in [3.63, 3.8) is 0 Å². The van der Waals surface area contributed by atoms with E-state index in [-0.39, 0.29) is 0 Å². The second kappa shape index (κ2) is 6.22. The van der Waals surface area contributed by atoms with Crippen LogP contribution in [0.15, 0.2) is 64.6 Å². The van der Waals surface area contributed by atoms with E-state index < -0.39 is 0 Å². The van der Waals surface area contributed by atoms with Crippen LogP contribution in [0.4, 0.5) is 0 Å². The van der Waals surface area contributed by atoms with Gasteiger partial charge in [0.15, 0.2) is 0 Å². The summed E-state index contributed by atoms with van der Waals surface area (Å²) in [5.74, 6) is 0. The molecule has 29 heavy (non-hydrogen) atoms. The van der Waals surface area contributed by atoms with Gasteiger partial charge in [-0.15, -0.1) is 11.3 Å². The third kappa shape index (κ3) is 2.41. The zero-order valence-corrected chi connectivity index (χ0v) is 16.3. The Hall–Kier alpha value is -3.58. The number of benzene rings is 2. The van der Waals surface area contributed by atoms with Gasteiger partial charge in [0.25, 0.3) is 0 Å². The van der Waals surface area contributed by atoms with Crippen molar-refractivity contribution < 1.29 is 4.63 Å². The molecule has 2 aromatic carbocycles. The SMILES string of the molecule is CCn1c2ccccc2c2cc(-c3nc4nonc4nc3-c3cccs3)ccc21. The molecule has 6 nitrogen and oxygen atoms in total. The molecule has 0 aliphatic heterocycles. The molecule has 0 spiro atoms. The monoisotopic (exact) mass is 397 g/mol. The topological polar surface area (TPSA) is 69.6 Å². The van der Waals surface area contributed by atoms with E-state index >= 15 is 0 Å². The first kappa shape index (κ1) is 16.4. The highest BCUT2D eigenvalue weighted by atomic mass is 32.1. The maximum Gasteiger partial charge on any atom is 0.244 e. The molecule has 4 heterocycles. The smallest absolute Gasteiger partial charge is 0.244 e.